The van der Waals surface area contributed by atoms with E-state index in [1.165, 1.54) is 68.8 Å². The highest BCUT2D eigenvalue weighted by Crippen LogP contribution is 2.34. The van der Waals surface area contributed by atoms with Crippen LogP contribution in [0.4, 0.5) is 34.1 Å². The molecule has 5 aromatic rings. The molecule has 4 N–H and O–H groups in total. The van der Waals surface area contributed by atoms with Gasteiger partial charge in [0, 0.05) is 34.3 Å². The number of hydrogen-bond donors (Lipinski definition) is 4. The molecule has 360 valence electrons. The van der Waals surface area contributed by atoms with E-state index in [4.69, 9.17) is 67.5 Å². The second kappa shape index (κ2) is 25.3. The molecule has 0 aliphatic rings. The van der Waals surface area contributed by atoms with Gasteiger partial charge in [0.05, 0.1) is 41.0 Å². The molecule has 0 fully saturated rings. The van der Waals surface area contributed by atoms with Crippen LogP contribution in [0, 0.1) is 0 Å². The van der Waals surface area contributed by atoms with Gasteiger partial charge in [-0.05, 0) is 129 Å². The summed E-state index contributed by atoms with van der Waals surface area (Å²) in [6, 6.07) is 20.1. The number of nitrogens with zero attached hydrogens (tertiary/aromatic N) is 4. The van der Waals surface area contributed by atoms with Crippen LogP contribution in [0.25, 0.3) is 0 Å². The van der Waals surface area contributed by atoms with Crippen LogP contribution in [0.2, 0.25) is 10.0 Å². The van der Waals surface area contributed by atoms with Crippen LogP contribution in [-0.4, -0.2) is 73.3 Å². The second-order valence-electron chi connectivity index (χ2n) is 15.0. The first-order chi connectivity index (χ1) is 33.0. The minimum Gasteiger partial charge on any atom is -0.495 e. The van der Waals surface area contributed by atoms with Gasteiger partial charge in [0.1, 0.15) is 22.9 Å². The van der Waals surface area contributed by atoms with Crippen molar-refractivity contribution in [3.8, 4) is 11.5 Å². The molecule has 5 aromatic carbocycles. The molecule has 0 spiro atoms. The average molecular weight is 1040 g/mol. The van der Waals surface area contributed by atoms with Gasteiger partial charge < -0.3 is 30.7 Å². The average Bonchev–Trinajstić information content (AvgIpc) is 3.30. The van der Waals surface area contributed by atoms with Crippen molar-refractivity contribution in [2.75, 3.05) is 47.2 Å². The Morgan fingerprint density at radius 1 is 0.565 bits per heavy atom. The number of methoxy groups -OCH3 is 2. The number of aryl methyl sites for hydroxylation is 2. The number of carbonyl (C=O) groups excluding carboxylic acids is 6. The summed E-state index contributed by atoms with van der Waals surface area (Å²) in [6.45, 7) is 3.91. The lowest BCUT2D eigenvalue weighted by Gasteiger charge is -2.17. The SMILES string of the molecule is COc1ccc(CCCl)cc1NC(=O)c1ccc(Cl)c(N=NC(C(C)=O)C(=O)Nc2ccc(NC(=O)C(N=Nc3cc(C(=O)Nc4cc(CCCl)ccc4OC)ccc3Cl)C(C)=O)c(C(C)Cl)c2)c1. The third kappa shape index (κ3) is 14.5. The highest BCUT2D eigenvalue weighted by atomic mass is 35.5. The molecule has 0 radical (unpaired) electrons. The van der Waals surface area contributed by atoms with Gasteiger partial charge in [-0.1, -0.05) is 35.3 Å². The van der Waals surface area contributed by atoms with Crippen molar-refractivity contribution in [2.24, 2.45) is 20.5 Å². The van der Waals surface area contributed by atoms with E-state index in [9.17, 15) is 28.8 Å². The fraction of sp³-hybridized carbons (Fsp3) is 0.250. The van der Waals surface area contributed by atoms with Crippen LogP contribution < -0.4 is 30.7 Å². The van der Waals surface area contributed by atoms with Crippen molar-refractivity contribution in [1.29, 1.82) is 0 Å². The number of Topliss-reactive ketones (excluding diaryl/α,β-unsaturated/α-hetero) is 2. The molecule has 0 heterocycles. The Morgan fingerprint density at radius 2 is 1.01 bits per heavy atom. The van der Waals surface area contributed by atoms with E-state index in [-0.39, 0.29) is 43.9 Å². The number of ether oxygens (including phenoxy) is 2. The topological polar surface area (TPSA) is 218 Å². The van der Waals surface area contributed by atoms with Gasteiger partial charge in [-0.3, -0.25) is 28.8 Å². The molecular weight excluding hydrogens is 994 g/mol. The molecule has 69 heavy (non-hydrogen) atoms. The third-order valence-electron chi connectivity index (χ3n) is 10.0. The summed E-state index contributed by atoms with van der Waals surface area (Å²) in [5, 5.41) is 26.4. The van der Waals surface area contributed by atoms with Crippen molar-refractivity contribution in [3.05, 3.63) is 129 Å². The molecule has 3 unspecified atom stereocenters. The van der Waals surface area contributed by atoms with E-state index in [2.05, 4.69) is 41.7 Å². The maximum Gasteiger partial charge on any atom is 0.258 e. The molecule has 0 aliphatic heterocycles. The molecule has 21 heteroatoms. The highest BCUT2D eigenvalue weighted by Gasteiger charge is 2.27. The summed E-state index contributed by atoms with van der Waals surface area (Å²) in [7, 11) is 2.94. The molecule has 0 aliphatic carbocycles. The third-order valence-corrected chi connectivity index (χ3v) is 11.3. The van der Waals surface area contributed by atoms with Crippen molar-refractivity contribution >= 4 is 127 Å². The molecule has 0 aromatic heterocycles. The first kappa shape index (κ1) is 53.5. The Balaban J connectivity index is 1.29. The second-order valence-corrected chi connectivity index (χ2v) is 17.3. The molecule has 0 saturated heterocycles. The van der Waals surface area contributed by atoms with Crippen LogP contribution >= 0.6 is 58.0 Å². The maximum absolute atomic E-state index is 13.6. The van der Waals surface area contributed by atoms with E-state index < -0.39 is 52.7 Å². The summed E-state index contributed by atoms with van der Waals surface area (Å²) < 4.78 is 10.8. The van der Waals surface area contributed by atoms with Crippen molar-refractivity contribution in [2.45, 2.75) is 51.1 Å². The van der Waals surface area contributed by atoms with Crippen LogP contribution in [0.3, 0.4) is 0 Å². The first-order valence-corrected chi connectivity index (χ1v) is 23.1. The number of benzene rings is 5. The minimum atomic E-state index is -1.66. The van der Waals surface area contributed by atoms with Gasteiger partial charge >= 0.3 is 0 Å². The zero-order valence-electron chi connectivity index (χ0n) is 37.7. The number of halogens is 5. The summed E-state index contributed by atoms with van der Waals surface area (Å²) in [6.07, 6.45) is 1.14. The van der Waals surface area contributed by atoms with Gasteiger partial charge in [-0.15, -0.1) is 34.8 Å². The molecule has 5 rings (SSSR count). The lowest BCUT2D eigenvalue weighted by atomic mass is 10.1. The summed E-state index contributed by atoms with van der Waals surface area (Å²) >= 11 is 31.1. The minimum absolute atomic E-state index is 0.00592. The number of anilines is 4. The largest absolute Gasteiger partial charge is 0.495 e. The number of nitrogens with one attached hydrogen (secondary N) is 4. The number of alkyl halides is 3. The number of carbonyl (C=O) groups is 6. The molecule has 4 amide bonds. The van der Waals surface area contributed by atoms with E-state index in [0.29, 0.717) is 53.0 Å². The van der Waals surface area contributed by atoms with E-state index in [1.54, 1.807) is 31.2 Å². The predicted molar refractivity (Wildman–Crippen MR) is 270 cm³/mol. The number of amides is 4. The van der Waals surface area contributed by atoms with E-state index in [0.717, 1.165) is 25.0 Å². The smallest absolute Gasteiger partial charge is 0.258 e. The Morgan fingerprint density at radius 3 is 1.42 bits per heavy atom. The number of azo groups is 2. The molecule has 0 bridgehead atoms. The zero-order valence-corrected chi connectivity index (χ0v) is 41.4. The zero-order chi connectivity index (χ0) is 50.4. The van der Waals surface area contributed by atoms with Crippen molar-refractivity contribution in [3.63, 3.8) is 0 Å². The van der Waals surface area contributed by atoms with Crippen LogP contribution in [0.15, 0.2) is 111 Å². The van der Waals surface area contributed by atoms with E-state index in [1.807, 2.05) is 12.1 Å². The van der Waals surface area contributed by atoms with Gasteiger partial charge in [0.25, 0.3) is 23.6 Å². The molecule has 16 nitrogen and oxygen atoms in total. The quantitative estimate of drug-likeness (QED) is 0.0314. The van der Waals surface area contributed by atoms with Gasteiger partial charge in [-0.2, -0.15) is 20.5 Å². The Bertz CT molecular complexity index is 2820. The van der Waals surface area contributed by atoms with E-state index >= 15 is 0 Å². The fourth-order valence-corrected chi connectivity index (χ4v) is 7.38. The number of ketones is 2. The molecular formula is C48H45Cl5N8O8. The lowest BCUT2D eigenvalue weighted by molar-refractivity contribution is -0.127. The van der Waals surface area contributed by atoms with Crippen LogP contribution in [0.1, 0.15) is 63.6 Å². The maximum atomic E-state index is 13.6. The highest BCUT2D eigenvalue weighted by molar-refractivity contribution is 6.33. The normalized spacial score (nSPS) is 12.5. The van der Waals surface area contributed by atoms with Crippen LogP contribution in [-0.2, 0) is 32.0 Å². The fourth-order valence-electron chi connectivity index (χ4n) is 6.46. The summed E-state index contributed by atoms with van der Waals surface area (Å²) in [5.41, 5.74) is 3.57. The van der Waals surface area contributed by atoms with Gasteiger partial charge in [0.15, 0.2) is 11.6 Å². The van der Waals surface area contributed by atoms with Gasteiger partial charge in [-0.25, -0.2) is 0 Å². The predicted octanol–water partition coefficient (Wildman–Crippen LogP) is 11.7. The monoisotopic (exact) mass is 1040 g/mol. The first-order valence-electron chi connectivity index (χ1n) is 20.9. The molecule has 0 saturated carbocycles. The van der Waals surface area contributed by atoms with Crippen LogP contribution in [0.5, 0.6) is 11.5 Å². The van der Waals surface area contributed by atoms with Crippen molar-refractivity contribution < 1.29 is 38.2 Å². The summed E-state index contributed by atoms with van der Waals surface area (Å²) in [4.78, 5) is 79.1. The standard InChI is InChI=1S/C48H45Cl5N8O8/c1-25(51)33-24-32(54-47(66)43(26(2)62)60-58-37-22-30(8-11-34(37)52)45(64)56-39-20-28(16-18-49)6-14-41(39)68-4)10-13-36(33)55-48(67)44(27(3)63)61-59-38-23-31(9-12-35(38)53)46(65)57-40-21-29(17-19-50)7-15-42(40)69-5/h6-15,20-25,43-44H,16-19H2,1-5H3,(H,54,66)(H,55,67)(H,56,64)(H,57,65). The molecule has 3 atom stereocenters. The Kier molecular flexibility index (Phi) is 19.6. The number of rotatable bonds is 21. The Hall–Kier alpha value is -6.43. The van der Waals surface area contributed by atoms with Crippen molar-refractivity contribution in [1.82, 2.24) is 0 Å². The number of hydrogen-bond acceptors (Lipinski definition) is 12. The summed E-state index contributed by atoms with van der Waals surface area (Å²) in [5.74, 6) is -2.48. The van der Waals surface area contributed by atoms with Gasteiger partial charge in [0.2, 0.25) is 12.1 Å². The Labute approximate surface area is 422 Å². The lowest BCUT2D eigenvalue weighted by Crippen LogP contribution is -2.32.